The highest BCUT2D eigenvalue weighted by atomic mass is 35.5. The van der Waals surface area contributed by atoms with E-state index in [2.05, 4.69) is 15.0 Å². The standard InChI is InChI=1S/C20H23ClN4O4S/c1-13-5-8-22-18(11-13)23-19(26)14-6-9-25(10-7-14)20(27)15-3-4-16(21)17(12-15)24-30(2,28)29/h3-5,8,11-12,14,24H,6-7,9-10H2,1-2H3,(H,22,23,26). The van der Waals surface area contributed by atoms with Gasteiger partial charge >= 0.3 is 0 Å². The first kappa shape index (κ1) is 22.0. The van der Waals surface area contributed by atoms with Crippen molar-refractivity contribution in [3.63, 3.8) is 0 Å². The van der Waals surface area contributed by atoms with Crippen molar-refractivity contribution < 1.29 is 18.0 Å². The molecule has 2 heterocycles. The SMILES string of the molecule is Cc1ccnc(NC(=O)C2CCN(C(=O)c3ccc(Cl)c(NS(C)(=O)=O)c3)CC2)c1. The second-order valence-corrected chi connectivity index (χ2v) is 9.50. The molecule has 0 atom stereocenters. The average Bonchev–Trinajstić information content (AvgIpc) is 2.68. The van der Waals surface area contributed by atoms with Crippen molar-refractivity contribution in [1.29, 1.82) is 0 Å². The first-order chi connectivity index (χ1) is 14.1. The fraction of sp³-hybridized carbons (Fsp3) is 0.350. The van der Waals surface area contributed by atoms with E-state index in [1.165, 1.54) is 12.1 Å². The van der Waals surface area contributed by atoms with Crippen LogP contribution in [0.25, 0.3) is 0 Å². The highest BCUT2D eigenvalue weighted by Crippen LogP contribution is 2.26. The molecule has 0 bridgehead atoms. The predicted octanol–water partition coefficient (Wildman–Crippen LogP) is 2.91. The zero-order valence-corrected chi connectivity index (χ0v) is 18.3. The normalized spacial score (nSPS) is 15.0. The van der Waals surface area contributed by atoms with Crippen molar-refractivity contribution in [3.8, 4) is 0 Å². The number of anilines is 2. The van der Waals surface area contributed by atoms with Crippen LogP contribution in [0, 0.1) is 12.8 Å². The first-order valence-corrected chi connectivity index (χ1v) is 11.7. The number of aryl methyl sites for hydroxylation is 1. The molecule has 0 saturated carbocycles. The minimum absolute atomic E-state index is 0.105. The van der Waals surface area contributed by atoms with Crippen molar-refractivity contribution in [2.24, 2.45) is 5.92 Å². The molecule has 10 heteroatoms. The first-order valence-electron chi connectivity index (χ1n) is 9.42. The van der Waals surface area contributed by atoms with E-state index in [9.17, 15) is 18.0 Å². The van der Waals surface area contributed by atoms with Gasteiger partial charge in [0.15, 0.2) is 0 Å². The maximum Gasteiger partial charge on any atom is 0.253 e. The molecule has 2 amide bonds. The van der Waals surface area contributed by atoms with Gasteiger partial charge in [-0.15, -0.1) is 0 Å². The molecule has 2 N–H and O–H groups in total. The van der Waals surface area contributed by atoms with Gasteiger partial charge in [-0.25, -0.2) is 13.4 Å². The Morgan fingerprint density at radius 2 is 1.87 bits per heavy atom. The number of carbonyl (C=O) groups is 2. The molecule has 1 aromatic heterocycles. The number of likely N-dealkylation sites (tertiary alicyclic amines) is 1. The van der Waals surface area contributed by atoms with E-state index in [4.69, 9.17) is 11.6 Å². The van der Waals surface area contributed by atoms with Gasteiger partial charge in [0.2, 0.25) is 15.9 Å². The molecule has 1 aliphatic rings. The van der Waals surface area contributed by atoms with Crippen LogP contribution >= 0.6 is 11.6 Å². The van der Waals surface area contributed by atoms with Gasteiger partial charge < -0.3 is 10.2 Å². The Morgan fingerprint density at radius 1 is 1.17 bits per heavy atom. The van der Waals surface area contributed by atoms with Gasteiger partial charge in [-0.1, -0.05) is 11.6 Å². The second-order valence-electron chi connectivity index (χ2n) is 7.34. The van der Waals surface area contributed by atoms with E-state index < -0.39 is 10.0 Å². The summed E-state index contributed by atoms with van der Waals surface area (Å²) in [6.45, 7) is 2.78. The van der Waals surface area contributed by atoms with E-state index >= 15 is 0 Å². The molecule has 1 aromatic carbocycles. The lowest BCUT2D eigenvalue weighted by Gasteiger charge is -2.31. The summed E-state index contributed by atoms with van der Waals surface area (Å²) in [5.74, 6) is -0.0247. The Kier molecular flexibility index (Phi) is 6.62. The summed E-state index contributed by atoms with van der Waals surface area (Å²) in [5.41, 5.74) is 1.50. The average molecular weight is 451 g/mol. The van der Waals surface area contributed by atoms with Crippen molar-refractivity contribution in [2.75, 3.05) is 29.4 Å². The third-order valence-electron chi connectivity index (χ3n) is 4.83. The summed E-state index contributed by atoms with van der Waals surface area (Å²) in [6.07, 6.45) is 3.72. The molecule has 2 aromatic rings. The molecule has 1 fully saturated rings. The minimum Gasteiger partial charge on any atom is -0.339 e. The molecular formula is C20H23ClN4O4S. The molecule has 1 aliphatic heterocycles. The van der Waals surface area contributed by atoms with Crippen LogP contribution in [0.5, 0.6) is 0 Å². The summed E-state index contributed by atoms with van der Waals surface area (Å²) < 4.78 is 25.3. The number of hydrogen-bond donors (Lipinski definition) is 2. The molecule has 0 radical (unpaired) electrons. The Labute approximate surface area is 180 Å². The monoisotopic (exact) mass is 450 g/mol. The molecule has 8 nitrogen and oxygen atoms in total. The van der Waals surface area contributed by atoms with Gasteiger partial charge in [0.1, 0.15) is 5.82 Å². The zero-order valence-electron chi connectivity index (χ0n) is 16.7. The van der Waals surface area contributed by atoms with Crippen LogP contribution in [0.4, 0.5) is 11.5 Å². The van der Waals surface area contributed by atoms with Crippen molar-refractivity contribution in [1.82, 2.24) is 9.88 Å². The van der Waals surface area contributed by atoms with Crippen molar-refractivity contribution >= 4 is 44.9 Å². The Bertz CT molecular complexity index is 1070. The van der Waals surface area contributed by atoms with Crippen molar-refractivity contribution in [3.05, 3.63) is 52.7 Å². The number of aromatic nitrogens is 1. The number of sulfonamides is 1. The summed E-state index contributed by atoms with van der Waals surface area (Å²) in [7, 11) is -3.52. The van der Waals surface area contributed by atoms with Gasteiger partial charge in [0.05, 0.1) is 17.0 Å². The third-order valence-corrected chi connectivity index (χ3v) is 5.75. The van der Waals surface area contributed by atoms with Gasteiger partial charge in [-0.2, -0.15) is 0 Å². The number of piperidine rings is 1. The van der Waals surface area contributed by atoms with Crippen LogP contribution in [0.15, 0.2) is 36.5 Å². The number of amides is 2. The van der Waals surface area contributed by atoms with Crippen LogP contribution in [0.1, 0.15) is 28.8 Å². The summed E-state index contributed by atoms with van der Waals surface area (Å²) in [4.78, 5) is 31.1. The number of hydrogen-bond acceptors (Lipinski definition) is 5. The van der Waals surface area contributed by atoms with Gasteiger partial charge in [0.25, 0.3) is 5.91 Å². The largest absolute Gasteiger partial charge is 0.339 e. The number of rotatable bonds is 5. The van der Waals surface area contributed by atoms with E-state index in [1.54, 1.807) is 23.2 Å². The summed E-state index contributed by atoms with van der Waals surface area (Å²) in [5, 5.41) is 3.04. The highest BCUT2D eigenvalue weighted by Gasteiger charge is 2.28. The van der Waals surface area contributed by atoms with E-state index in [1.807, 2.05) is 13.0 Å². The number of nitrogens with one attached hydrogen (secondary N) is 2. The number of nitrogens with zero attached hydrogens (tertiary/aromatic N) is 2. The lowest BCUT2D eigenvalue weighted by molar-refractivity contribution is -0.121. The highest BCUT2D eigenvalue weighted by molar-refractivity contribution is 7.92. The Hall–Kier alpha value is -2.65. The number of benzene rings is 1. The van der Waals surface area contributed by atoms with E-state index in [-0.39, 0.29) is 28.4 Å². The lowest BCUT2D eigenvalue weighted by Crippen LogP contribution is -2.41. The quantitative estimate of drug-likeness (QED) is 0.728. The van der Waals surface area contributed by atoms with Crippen LogP contribution in [0.3, 0.4) is 0 Å². The fourth-order valence-corrected chi connectivity index (χ4v) is 4.09. The van der Waals surface area contributed by atoms with Crippen LogP contribution < -0.4 is 10.0 Å². The van der Waals surface area contributed by atoms with Gasteiger partial charge in [-0.05, 0) is 55.7 Å². The molecule has 0 aliphatic carbocycles. The van der Waals surface area contributed by atoms with Crippen LogP contribution in [-0.4, -0.2) is 49.5 Å². The lowest BCUT2D eigenvalue weighted by atomic mass is 9.95. The number of halogens is 1. The van der Waals surface area contributed by atoms with E-state index in [0.717, 1.165) is 11.8 Å². The molecule has 30 heavy (non-hydrogen) atoms. The Balaban J connectivity index is 1.61. The maximum absolute atomic E-state index is 12.8. The van der Waals surface area contributed by atoms with Gasteiger partial charge in [-0.3, -0.25) is 14.3 Å². The molecule has 160 valence electrons. The Morgan fingerprint density at radius 3 is 2.50 bits per heavy atom. The topological polar surface area (TPSA) is 108 Å². The number of pyridine rings is 1. The van der Waals surface area contributed by atoms with Crippen LogP contribution in [0.2, 0.25) is 5.02 Å². The molecule has 0 unspecified atom stereocenters. The minimum atomic E-state index is -3.52. The molecule has 1 saturated heterocycles. The predicted molar refractivity (Wildman–Crippen MR) is 116 cm³/mol. The summed E-state index contributed by atoms with van der Waals surface area (Å²) in [6, 6.07) is 8.12. The second kappa shape index (κ2) is 9.01. The fourth-order valence-electron chi connectivity index (χ4n) is 3.30. The zero-order chi connectivity index (χ0) is 21.9. The van der Waals surface area contributed by atoms with Gasteiger partial charge in [0, 0.05) is 30.8 Å². The molecular weight excluding hydrogens is 428 g/mol. The maximum atomic E-state index is 12.8. The molecule has 0 spiro atoms. The van der Waals surface area contributed by atoms with Crippen molar-refractivity contribution in [2.45, 2.75) is 19.8 Å². The molecule has 3 rings (SSSR count). The van der Waals surface area contributed by atoms with Crippen LogP contribution in [-0.2, 0) is 14.8 Å². The summed E-state index contributed by atoms with van der Waals surface area (Å²) >= 11 is 6.02. The number of carbonyl (C=O) groups excluding carboxylic acids is 2. The third kappa shape index (κ3) is 5.70. The van der Waals surface area contributed by atoms with E-state index in [0.29, 0.717) is 37.3 Å². The smallest absolute Gasteiger partial charge is 0.253 e.